The lowest BCUT2D eigenvalue weighted by molar-refractivity contribution is -0.113. The number of nitrogens with one attached hydrogen (secondary N) is 1. The number of hydrogen-bond donors (Lipinski definition) is 2. The van der Waals surface area contributed by atoms with Gasteiger partial charge in [0.25, 0.3) is 0 Å². The van der Waals surface area contributed by atoms with Crippen LogP contribution in [0.15, 0.2) is 24.3 Å². The molecule has 1 aromatic carbocycles. The van der Waals surface area contributed by atoms with E-state index in [4.69, 9.17) is 10.5 Å². The third-order valence-electron chi connectivity index (χ3n) is 2.21. The Balaban J connectivity index is 2.50. The molecule has 1 amide bonds. The van der Waals surface area contributed by atoms with Gasteiger partial charge < -0.3 is 15.8 Å². The van der Waals surface area contributed by atoms with Gasteiger partial charge in [-0.25, -0.2) is 0 Å². The van der Waals surface area contributed by atoms with E-state index in [-0.39, 0.29) is 5.91 Å². The fourth-order valence-electron chi connectivity index (χ4n) is 1.22. The number of rotatable bonds is 6. The largest absolute Gasteiger partial charge is 0.495 e. The number of amides is 1. The van der Waals surface area contributed by atoms with E-state index in [1.165, 1.54) is 11.8 Å². The summed E-state index contributed by atoms with van der Waals surface area (Å²) in [7, 11) is 1.58. The van der Waals surface area contributed by atoms with Gasteiger partial charge in [-0.2, -0.15) is 0 Å². The van der Waals surface area contributed by atoms with Crippen molar-refractivity contribution in [2.24, 2.45) is 5.73 Å². The molecule has 0 aliphatic heterocycles. The van der Waals surface area contributed by atoms with Crippen LogP contribution in [0.3, 0.4) is 0 Å². The number of methoxy groups -OCH3 is 1. The molecule has 1 unspecified atom stereocenters. The van der Waals surface area contributed by atoms with Gasteiger partial charge in [0.1, 0.15) is 5.75 Å². The van der Waals surface area contributed by atoms with Gasteiger partial charge in [0.15, 0.2) is 0 Å². The van der Waals surface area contributed by atoms with E-state index in [1.807, 2.05) is 31.2 Å². The second-order valence-corrected chi connectivity index (χ2v) is 5.03. The molecular formula is C12H18N2O2S. The highest BCUT2D eigenvalue weighted by atomic mass is 32.2. The Hall–Kier alpha value is -1.20. The highest BCUT2D eigenvalue weighted by Gasteiger charge is 2.08. The van der Waals surface area contributed by atoms with Gasteiger partial charge in [0, 0.05) is 11.8 Å². The van der Waals surface area contributed by atoms with E-state index in [0.29, 0.717) is 29.0 Å². The number of ether oxygens (including phenoxy) is 1. The highest BCUT2D eigenvalue weighted by Crippen LogP contribution is 2.23. The molecule has 5 heteroatoms. The first-order chi connectivity index (χ1) is 8.17. The minimum atomic E-state index is -0.0419. The molecule has 4 nitrogen and oxygen atoms in total. The molecule has 0 saturated carbocycles. The van der Waals surface area contributed by atoms with Crippen LogP contribution in [0.4, 0.5) is 5.69 Å². The zero-order valence-electron chi connectivity index (χ0n) is 10.1. The number of benzene rings is 1. The number of nitrogens with two attached hydrogens (primary N) is 1. The maximum Gasteiger partial charge on any atom is 0.234 e. The standard InChI is InChI=1S/C12H18N2O2S/c1-9(7-13)17-8-12(15)14-10-5-3-4-6-11(10)16-2/h3-6,9H,7-8,13H2,1-2H3,(H,14,15). The van der Waals surface area contributed by atoms with Crippen LogP contribution in [0.25, 0.3) is 0 Å². The van der Waals surface area contributed by atoms with Crippen molar-refractivity contribution in [3.05, 3.63) is 24.3 Å². The first-order valence-corrected chi connectivity index (χ1v) is 6.46. The van der Waals surface area contributed by atoms with E-state index < -0.39 is 0 Å². The van der Waals surface area contributed by atoms with Crippen molar-refractivity contribution >= 4 is 23.4 Å². The molecule has 94 valence electrons. The predicted octanol–water partition coefficient (Wildman–Crippen LogP) is 1.71. The first-order valence-electron chi connectivity index (χ1n) is 5.42. The molecule has 0 aromatic heterocycles. The molecule has 0 spiro atoms. The van der Waals surface area contributed by atoms with Gasteiger partial charge in [0.2, 0.25) is 5.91 Å². The molecule has 0 aliphatic rings. The van der Waals surface area contributed by atoms with Crippen molar-refractivity contribution in [2.75, 3.05) is 24.7 Å². The van der Waals surface area contributed by atoms with E-state index in [1.54, 1.807) is 7.11 Å². The quantitative estimate of drug-likeness (QED) is 0.811. The van der Waals surface area contributed by atoms with Crippen LogP contribution in [-0.2, 0) is 4.79 Å². The van der Waals surface area contributed by atoms with Crippen LogP contribution in [0.2, 0.25) is 0 Å². The lowest BCUT2D eigenvalue weighted by Crippen LogP contribution is -2.19. The summed E-state index contributed by atoms with van der Waals surface area (Å²) in [5, 5.41) is 3.11. The molecule has 1 aromatic rings. The highest BCUT2D eigenvalue weighted by molar-refractivity contribution is 8.00. The molecule has 0 heterocycles. The lowest BCUT2D eigenvalue weighted by atomic mass is 10.3. The summed E-state index contributed by atoms with van der Waals surface area (Å²) in [6, 6.07) is 7.34. The van der Waals surface area contributed by atoms with Crippen LogP contribution >= 0.6 is 11.8 Å². The second kappa shape index (κ2) is 7.19. The maximum atomic E-state index is 11.7. The Morgan fingerprint density at radius 2 is 2.24 bits per heavy atom. The summed E-state index contributed by atoms with van der Waals surface area (Å²) in [6.07, 6.45) is 0. The zero-order valence-corrected chi connectivity index (χ0v) is 10.9. The van der Waals surface area contributed by atoms with Gasteiger partial charge in [0.05, 0.1) is 18.6 Å². The van der Waals surface area contributed by atoms with Crippen molar-refractivity contribution < 1.29 is 9.53 Å². The summed E-state index contributed by atoms with van der Waals surface area (Å²) in [5.74, 6) is 1.02. The van der Waals surface area contributed by atoms with Gasteiger partial charge in [-0.3, -0.25) is 4.79 Å². The molecule has 1 rings (SSSR count). The minimum Gasteiger partial charge on any atom is -0.495 e. The fraction of sp³-hybridized carbons (Fsp3) is 0.417. The number of carbonyl (C=O) groups is 1. The number of para-hydroxylation sites is 2. The molecule has 1 atom stereocenters. The topological polar surface area (TPSA) is 64.3 Å². The second-order valence-electron chi connectivity index (χ2n) is 3.61. The Kier molecular flexibility index (Phi) is 5.86. The summed E-state index contributed by atoms with van der Waals surface area (Å²) >= 11 is 1.54. The van der Waals surface area contributed by atoms with Crippen molar-refractivity contribution in [3.8, 4) is 5.75 Å². The van der Waals surface area contributed by atoms with E-state index in [0.717, 1.165) is 0 Å². The minimum absolute atomic E-state index is 0.0419. The van der Waals surface area contributed by atoms with Crippen LogP contribution in [0.5, 0.6) is 5.75 Å². The molecule has 0 fully saturated rings. The van der Waals surface area contributed by atoms with Crippen molar-refractivity contribution in [1.82, 2.24) is 0 Å². The summed E-state index contributed by atoms with van der Waals surface area (Å²) in [6.45, 7) is 2.58. The summed E-state index contributed by atoms with van der Waals surface area (Å²) in [5.41, 5.74) is 6.18. The number of hydrogen-bond acceptors (Lipinski definition) is 4. The van der Waals surface area contributed by atoms with Gasteiger partial charge in [-0.1, -0.05) is 19.1 Å². The van der Waals surface area contributed by atoms with Crippen molar-refractivity contribution in [3.63, 3.8) is 0 Å². The van der Waals surface area contributed by atoms with E-state index >= 15 is 0 Å². The van der Waals surface area contributed by atoms with Gasteiger partial charge >= 0.3 is 0 Å². The third kappa shape index (κ3) is 4.66. The molecule has 0 saturated heterocycles. The Labute approximate surface area is 106 Å². The maximum absolute atomic E-state index is 11.7. The summed E-state index contributed by atoms with van der Waals surface area (Å²) < 4.78 is 5.15. The molecular weight excluding hydrogens is 236 g/mol. The SMILES string of the molecule is COc1ccccc1NC(=O)CSC(C)CN. The van der Waals surface area contributed by atoms with Crippen LogP contribution < -0.4 is 15.8 Å². The van der Waals surface area contributed by atoms with Gasteiger partial charge in [-0.15, -0.1) is 11.8 Å². The Morgan fingerprint density at radius 1 is 1.53 bits per heavy atom. The normalized spacial score (nSPS) is 11.9. The number of carbonyl (C=O) groups excluding carboxylic acids is 1. The molecule has 0 aliphatic carbocycles. The van der Waals surface area contributed by atoms with E-state index in [9.17, 15) is 4.79 Å². The number of thioether (sulfide) groups is 1. The van der Waals surface area contributed by atoms with E-state index in [2.05, 4.69) is 5.32 Å². The zero-order chi connectivity index (χ0) is 12.7. The molecule has 17 heavy (non-hydrogen) atoms. The van der Waals surface area contributed by atoms with Crippen molar-refractivity contribution in [2.45, 2.75) is 12.2 Å². The third-order valence-corrected chi connectivity index (χ3v) is 3.40. The predicted molar refractivity (Wildman–Crippen MR) is 72.6 cm³/mol. The number of anilines is 1. The average molecular weight is 254 g/mol. The Bertz CT molecular complexity index is 371. The monoisotopic (exact) mass is 254 g/mol. The first kappa shape index (κ1) is 13.9. The fourth-order valence-corrected chi connectivity index (χ4v) is 1.86. The van der Waals surface area contributed by atoms with Crippen molar-refractivity contribution in [1.29, 1.82) is 0 Å². The van der Waals surface area contributed by atoms with Crippen LogP contribution in [0.1, 0.15) is 6.92 Å². The summed E-state index contributed by atoms with van der Waals surface area (Å²) in [4.78, 5) is 11.7. The van der Waals surface area contributed by atoms with Crippen LogP contribution in [-0.4, -0.2) is 30.6 Å². The lowest BCUT2D eigenvalue weighted by Gasteiger charge is -2.11. The van der Waals surface area contributed by atoms with Gasteiger partial charge in [-0.05, 0) is 12.1 Å². The van der Waals surface area contributed by atoms with Crippen LogP contribution in [0, 0.1) is 0 Å². The Morgan fingerprint density at radius 3 is 2.88 bits per heavy atom. The smallest absolute Gasteiger partial charge is 0.234 e. The molecule has 0 bridgehead atoms. The average Bonchev–Trinajstić information content (AvgIpc) is 2.36. The molecule has 0 radical (unpaired) electrons. The molecule has 3 N–H and O–H groups in total.